The summed E-state index contributed by atoms with van der Waals surface area (Å²) in [6.45, 7) is 3.53. The SMILES string of the molecule is CCN1NNN=C1c1cnn(Cc2ccccc2)c1S. The molecule has 0 spiro atoms. The second kappa shape index (κ2) is 5.56. The molecule has 2 aromatic rings. The van der Waals surface area contributed by atoms with Gasteiger partial charge >= 0.3 is 0 Å². The Labute approximate surface area is 122 Å². The fourth-order valence-electron chi connectivity index (χ4n) is 2.09. The topological polar surface area (TPSA) is 57.5 Å². The highest BCUT2D eigenvalue weighted by molar-refractivity contribution is 7.80. The maximum atomic E-state index is 4.58. The summed E-state index contributed by atoms with van der Waals surface area (Å²) in [7, 11) is 0. The first-order valence-electron chi connectivity index (χ1n) is 6.44. The van der Waals surface area contributed by atoms with Gasteiger partial charge in [0.1, 0.15) is 5.03 Å². The number of hydrogen-bond acceptors (Lipinski definition) is 6. The average molecular weight is 288 g/mol. The zero-order valence-corrected chi connectivity index (χ0v) is 12.0. The van der Waals surface area contributed by atoms with Gasteiger partial charge in [-0.05, 0) is 12.5 Å². The van der Waals surface area contributed by atoms with Gasteiger partial charge in [0.25, 0.3) is 0 Å². The van der Waals surface area contributed by atoms with Crippen molar-refractivity contribution in [3.63, 3.8) is 0 Å². The van der Waals surface area contributed by atoms with Crippen LogP contribution in [0.5, 0.6) is 0 Å². The molecule has 20 heavy (non-hydrogen) atoms. The van der Waals surface area contributed by atoms with Crippen LogP contribution in [0.25, 0.3) is 0 Å². The molecule has 1 aromatic heterocycles. The van der Waals surface area contributed by atoms with Crippen LogP contribution in [-0.2, 0) is 6.54 Å². The summed E-state index contributed by atoms with van der Waals surface area (Å²) in [4.78, 5) is 0. The van der Waals surface area contributed by atoms with Gasteiger partial charge in [0.2, 0.25) is 0 Å². The third-order valence-corrected chi connectivity index (χ3v) is 3.62. The number of hydrogen-bond donors (Lipinski definition) is 3. The van der Waals surface area contributed by atoms with Crippen molar-refractivity contribution in [1.82, 2.24) is 25.9 Å². The second-order valence-corrected chi connectivity index (χ2v) is 4.85. The Bertz CT molecular complexity index is 621. The largest absolute Gasteiger partial charge is 0.271 e. The van der Waals surface area contributed by atoms with Crippen molar-refractivity contribution < 1.29 is 0 Å². The Morgan fingerprint density at radius 2 is 2.05 bits per heavy atom. The standard InChI is InChI=1S/C13H16N6S/c1-2-18-12(15-16-17-18)11-8-14-19(13(11)20)9-10-6-4-3-5-7-10/h3-8,16-17,20H,2,9H2,1H3. The molecule has 0 atom stereocenters. The Hall–Kier alpha value is -1.99. The summed E-state index contributed by atoms with van der Waals surface area (Å²) in [5, 5.41) is 11.3. The predicted molar refractivity (Wildman–Crippen MR) is 80.2 cm³/mol. The quantitative estimate of drug-likeness (QED) is 0.741. The monoisotopic (exact) mass is 288 g/mol. The maximum Gasteiger partial charge on any atom is 0.177 e. The van der Waals surface area contributed by atoms with Gasteiger partial charge in [0, 0.05) is 6.54 Å². The normalized spacial score (nSPS) is 14.3. The van der Waals surface area contributed by atoms with Crippen molar-refractivity contribution in [3.05, 3.63) is 47.7 Å². The smallest absolute Gasteiger partial charge is 0.177 e. The molecule has 0 saturated heterocycles. The van der Waals surface area contributed by atoms with E-state index in [0.29, 0.717) is 6.54 Å². The molecule has 0 fully saturated rings. The van der Waals surface area contributed by atoms with Crippen LogP contribution in [0.2, 0.25) is 0 Å². The molecular weight excluding hydrogens is 272 g/mol. The van der Waals surface area contributed by atoms with Gasteiger partial charge in [-0.15, -0.1) is 23.3 Å². The number of nitrogens with zero attached hydrogens (tertiary/aromatic N) is 4. The lowest BCUT2D eigenvalue weighted by Gasteiger charge is -2.15. The summed E-state index contributed by atoms with van der Waals surface area (Å²) in [5.74, 6) is 0.803. The number of thiol groups is 1. The zero-order chi connectivity index (χ0) is 13.9. The van der Waals surface area contributed by atoms with Gasteiger partial charge in [-0.2, -0.15) is 5.10 Å². The van der Waals surface area contributed by atoms with Crippen LogP contribution in [0.3, 0.4) is 0 Å². The molecule has 3 rings (SSSR count). The highest BCUT2D eigenvalue weighted by Gasteiger charge is 2.21. The van der Waals surface area contributed by atoms with E-state index in [0.717, 1.165) is 23.0 Å². The van der Waals surface area contributed by atoms with Crippen LogP contribution in [0.1, 0.15) is 18.1 Å². The predicted octanol–water partition coefficient (Wildman–Crippen LogP) is 1.23. The van der Waals surface area contributed by atoms with Crippen LogP contribution in [-0.4, -0.2) is 27.2 Å². The van der Waals surface area contributed by atoms with Gasteiger partial charge < -0.3 is 0 Å². The molecule has 1 aliphatic heterocycles. The van der Waals surface area contributed by atoms with E-state index in [9.17, 15) is 0 Å². The number of hydrazone groups is 1. The second-order valence-electron chi connectivity index (χ2n) is 4.43. The van der Waals surface area contributed by atoms with Crippen LogP contribution < -0.4 is 11.1 Å². The first kappa shape index (κ1) is 13.0. The number of benzene rings is 1. The molecule has 0 bridgehead atoms. The van der Waals surface area contributed by atoms with E-state index < -0.39 is 0 Å². The van der Waals surface area contributed by atoms with E-state index in [-0.39, 0.29) is 0 Å². The van der Waals surface area contributed by atoms with Crippen LogP contribution >= 0.6 is 12.6 Å². The molecule has 6 nitrogen and oxygen atoms in total. The zero-order valence-electron chi connectivity index (χ0n) is 11.1. The Morgan fingerprint density at radius 1 is 1.25 bits per heavy atom. The maximum absolute atomic E-state index is 4.58. The molecule has 0 amide bonds. The van der Waals surface area contributed by atoms with Crippen molar-refractivity contribution >= 4 is 18.5 Å². The fourth-order valence-corrected chi connectivity index (χ4v) is 2.37. The lowest BCUT2D eigenvalue weighted by Crippen LogP contribution is -2.40. The third kappa shape index (κ3) is 2.37. The number of hydrazine groups is 2. The first-order chi connectivity index (χ1) is 9.79. The first-order valence-corrected chi connectivity index (χ1v) is 6.89. The fraction of sp³-hybridized carbons (Fsp3) is 0.231. The summed E-state index contributed by atoms with van der Waals surface area (Å²) in [6, 6.07) is 10.2. The summed E-state index contributed by atoms with van der Waals surface area (Å²) in [6.07, 6.45) is 1.79. The van der Waals surface area contributed by atoms with Crippen molar-refractivity contribution in [2.75, 3.05) is 6.54 Å². The van der Waals surface area contributed by atoms with E-state index in [2.05, 4.69) is 46.0 Å². The highest BCUT2D eigenvalue weighted by Crippen LogP contribution is 2.18. The Balaban J connectivity index is 1.86. The Kier molecular flexibility index (Phi) is 3.62. The van der Waals surface area contributed by atoms with E-state index in [1.54, 1.807) is 6.20 Å². The molecule has 104 valence electrons. The molecule has 0 unspecified atom stereocenters. The number of nitrogens with one attached hydrogen (secondary N) is 2. The number of rotatable bonds is 4. The molecule has 1 aromatic carbocycles. The molecule has 7 heteroatoms. The molecule has 2 N–H and O–H groups in total. The van der Waals surface area contributed by atoms with E-state index >= 15 is 0 Å². The molecule has 2 heterocycles. The number of aromatic nitrogens is 2. The van der Waals surface area contributed by atoms with E-state index in [1.807, 2.05) is 34.8 Å². The molecule has 0 radical (unpaired) electrons. The third-order valence-electron chi connectivity index (χ3n) is 3.15. The molecular formula is C13H16N6S. The Morgan fingerprint density at radius 3 is 2.80 bits per heavy atom. The lowest BCUT2D eigenvalue weighted by molar-refractivity contribution is 0.308. The van der Waals surface area contributed by atoms with Crippen molar-refractivity contribution in [1.29, 1.82) is 0 Å². The molecule has 0 aliphatic carbocycles. The summed E-state index contributed by atoms with van der Waals surface area (Å²) < 4.78 is 1.86. The van der Waals surface area contributed by atoms with Gasteiger partial charge in [0.15, 0.2) is 5.84 Å². The van der Waals surface area contributed by atoms with E-state index in [1.165, 1.54) is 5.56 Å². The van der Waals surface area contributed by atoms with Gasteiger partial charge in [-0.25, -0.2) is 5.53 Å². The minimum atomic E-state index is 0.694. The van der Waals surface area contributed by atoms with Gasteiger partial charge in [-0.3, -0.25) is 9.69 Å². The summed E-state index contributed by atoms with van der Waals surface area (Å²) in [5.41, 5.74) is 7.80. The number of amidine groups is 1. The summed E-state index contributed by atoms with van der Waals surface area (Å²) >= 11 is 4.58. The molecule has 1 aliphatic rings. The van der Waals surface area contributed by atoms with Crippen molar-refractivity contribution in [3.8, 4) is 0 Å². The minimum Gasteiger partial charge on any atom is -0.271 e. The van der Waals surface area contributed by atoms with Gasteiger partial charge in [0.05, 0.1) is 18.3 Å². The van der Waals surface area contributed by atoms with E-state index in [4.69, 9.17) is 0 Å². The average Bonchev–Trinajstić information content (AvgIpc) is 3.07. The van der Waals surface area contributed by atoms with Crippen LogP contribution in [0.15, 0.2) is 46.7 Å². The highest BCUT2D eigenvalue weighted by atomic mass is 32.1. The lowest BCUT2D eigenvalue weighted by atomic mass is 10.2. The van der Waals surface area contributed by atoms with Crippen LogP contribution in [0, 0.1) is 0 Å². The minimum absolute atomic E-state index is 0.694. The van der Waals surface area contributed by atoms with Gasteiger partial charge in [-0.1, -0.05) is 30.3 Å². The van der Waals surface area contributed by atoms with Crippen molar-refractivity contribution in [2.45, 2.75) is 18.5 Å². The van der Waals surface area contributed by atoms with Crippen molar-refractivity contribution in [2.24, 2.45) is 5.10 Å². The van der Waals surface area contributed by atoms with Crippen LogP contribution in [0.4, 0.5) is 0 Å². The molecule has 0 saturated carbocycles.